The first-order valence-electron chi connectivity index (χ1n) is 7.49. The Balaban J connectivity index is 2.57. The van der Waals surface area contributed by atoms with Crippen LogP contribution in [0.3, 0.4) is 0 Å². The Morgan fingerprint density at radius 3 is 2.40 bits per heavy atom. The lowest BCUT2D eigenvalue weighted by atomic mass is 10.0. The standard InChI is InChI=1S/C14H17N5O6/c1-3-24-7(20)5-6(13(23)25-4-2)8-11(21)17-10-9(16-8)12(22)19-14(15)18-10/h6H,3-5H2,1-2H3,(H4,15,17,18,19,21,22). The van der Waals surface area contributed by atoms with E-state index in [1.165, 1.54) is 0 Å². The molecule has 1 unspecified atom stereocenters. The Morgan fingerprint density at radius 2 is 1.76 bits per heavy atom. The molecule has 0 aromatic carbocycles. The van der Waals surface area contributed by atoms with Gasteiger partial charge in [-0.2, -0.15) is 4.98 Å². The number of nitrogens with zero attached hydrogens (tertiary/aromatic N) is 2. The van der Waals surface area contributed by atoms with E-state index in [-0.39, 0.29) is 36.0 Å². The normalized spacial score (nSPS) is 11.9. The molecule has 1 atom stereocenters. The van der Waals surface area contributed by atoms with E-state index in [1.54, 1.807) is 13.8 Å². The summed E-state index contributed by atoms with van der Waals surface area (Å²) in [7, 11) is 0. The van der Waals surface area contributed by atoms with Crippen LogP contribution in [0.15, 0.2) is 9.59 Å². The largest absolute Gasteiger partial charge is 0.466 e. The van der Waals surface area contributed by atoms with Crippen LogP contribution in [0.4, 0.5) is 5.95 Å². The molecule has 0 saturated heterocycles. The minimum atomic E-state index is -1.32. The number of nitrogen functional groups attached to an aromatic ring is 1. The van der Waals surface area contributed by atoms with Crippen molar-refractivity contribution >= 4 is 29.1 Å². The molecule has 0 aliphatic carbocycles. The van der Waals surface area contributed by atoms with E-state index in [1.807, 2.05) is 0 Å². The number of hydrogen-bond acceptors (Lipinski definition) is 9. The van der Waals surface area contributed by atoms with Crippen molar-refractivity contribution in [2.45, 2.75) is 26.2 Å². The molecule has 134 valence electrons. The Kier molecular flexibility index (Phi) is 5.47. The number of nitrogens with two attached hydrogens (primary N) is 1. The highest BCUT2D eigenvalue weighted by atomic mass is 16.5. The minimum Gasteiger partial charge on any atom is -0.466 e. The van der Waals surface area contributed by atoms with Crippen LogP contribution < -0.4 is 16.9 Å². The van der Waals surface area contributed by atoms with Crippen LogP contribution in [-0.2, 0) is 19.1 Å². The predicted molar refractivity (Wildman–Crippen MR) is 85.8 cm³/mol. The zero-order valence-corrected chi connectivity index (χ0v) is 13.6. The molecule has 0 bridgehead atoms. The lowest BCUT2D eigenvalue weighted by Gasteiger charge is -2.14. The SMILES string of the molecule is CCOC(=O)CC(C(=O)OCC)c1nc2c(=O)[nH]c(N)nc2[nH]c1=O. The second kappa shape index (κ2) is 7.55. The molecule has 2 heterocycles. The fourth-order valence-electron chi connectivity index (χ4n) is 2.18. The molecule has 2 rings (SSSR count). The van der Waals surface area contributed by atoms with Gasteiger partial charge in [-0.3, -0.25) is 24.2 Å². The van der Waals surface area contributed by atoms with Crippen molar-refractivity contribution in [3.05, 3.63) is 26.4 Å². The van der Waals surface area contributed by atoms with Crippen LogP contribution in [0, 0.1) is 0 Å². The van der Waals surface area contributed by atoms with E-state index in [9.17, 15) is 19.2 Å². The molecule has 0 spiro atoms. The number of aromatic nitrogens is 4. The molecule has 0 aliphatic heterocycles. The van der Waals surface area contributed by atoms with E-state index in [2.05, 4.69) is 19.9 Å². The van der Waals surface area contributed by atoms with Crippen molar-refractivity contribution < 1.29 is 19.1 Å². The van der Waals surface area contributed by atoms with Gasteiger partial charge in [-0.25, -0.2) is 4.98 Å². The number of carbonyl (C=O) groups excluding carboxylic acids is 2. The minimum absolute atomic E-state index is 0.0440. The molecular weight excluding hydrogens is 334 g/mol. The Bertz CT molecular complexity index is 918. The average molecular weight is 351 g/mol. The Labute approximate surface area is 140 Å². The van der Waals surface area contributed by atoms with Crippen LogP contribution in [-0.4, -0.2) is 45.1 Å². The van der Waals surface area contributed by atoms with Crippen molar-refractivity contribution in [3.63, 3.8) is 0 Å². The van der Waals surface area contributed by atoms with Crippen molar-refractivity contribution in [1.29, 1.82) is 0 Å². The van der Waals surface area contributed by atoms with E-state index >= 15 is 0 Å². The van der Waals surface area contributed by atoms with Gasteiger partial charge in [0.05, 0.1) is 19.6 Å². The number of nitrogens with one attached hydrogen (secondary N) is 2. The lowest BCUT2D eigenvalue weighted by Crippen LogP contribution is -2.29. The Morgan fingerprint density at radius 1 is 1.08 bits per heavy atom. The van der Waals surface area contributed by atoms with Crippen LogP contribution in [0.5, 0.6) is 0 Å². The first-order valence-corrected chi connectivity index (χ1v) is 7.49. The third-order valence-corrected chi connectivity index (χ3v) is 3.19. The molecule has 4 N–H and O–H groups in total. The smallest absolute Gasteiger partial charge is 0.315 e. The number of ether oxygens (including phenoxy) is 2. The van der Waals surface area contributed by atoms with E-state index in [4.69, 9.17) is 15.2 Å². The van der Waals surface area contributed by atoms with Gasteiger partial charge in [0.1, 0.15) is 11.6 Å². The maximum Gasteiger partial charge on any atom is 0.315 e. The molecule has 11 nitrogen and oxygen atoms in total. The topological polar surface area (TPSA) is 170 Å². The zero-order chi connectivity index (χ0) is 18.6. The average Bonchev–Trinajstić information content (AvgIpc) is 2.52. The van der Waals surface area contributed by atoms with Gasteiger partial charge in [0.15, 0.2) is 11.2 Å². The maximum atomic E-state index is 12.3. The van der Waals surface area contributed by atoms with E-state index in [0.717, 1.165) is 0 Å². The Hall–Kier alpha value is -3.24. The molecule has 0 aliphatic rings. The molecule has 0 amide bonds. The summed E-state index contributed by atoms with van der Waals surface area (Å²) >= 11 is 0. The predicted octanol–water partition coefficient (Wildman–Crippen LogP) is -0.811. The first-order chi connectivity index (χ1) is 11.9. The second-order valence-corrected chi connectivity index (χ2v) is 4.91. The van der Waals surface area contributed by atoms with Crippen molar-refractivity contribution in [1.82, 2.24) is 19.9 Å². The second-order valence-electron chi connectivity index (χ2n) is 4.91. The molecule has 0 radical (unpaired) electrons. The molecule has 2 aromatic heterocycles. The van der Waals surface area contributed by atoms with Crippen molar-refractivity contribution in [2.24, 2.45) is 0 Å². The summed E-state index contributed by atoms with van der Waals surface area (Å²) in [6.07, 6.45) is -0.450. The number of aromatic amines is 2. The number of esters is 2. The van der Waals surface area contributed by atoms with Gasteiger partial charge in [-0.15, -0.1) is 0 Å². The molecule has 2 aromatic rings. The van der Waals surface area contributed by atoms with Crippen molar-refractivity contribution in [3.8, 4) is 0 Å². The maximum absolute atomic E-state index is 12.3. The number of anilines is 1. The van der Waals surface area contributed by atoms with Crippen LogP contribution in [0.1, 0.15) is 31.9 Å². The fraction of sp³-hybridized carbons (Fsp3) is 0.429. The summed E-state index contributed by atoms with van der Waals surface area (Å²) in [5, 5.41) is 0. The number of fused-ring (bicyclic) bond motifs is 1. The van der Waals surface area contributed by atoms with E-state index in [0.29, 0.717) is 0 Å². The first kappa shape index (κ1) is 18.1. The van der Waals surface area contributed by atoms with E-state index < -0.39 is 35.4 Å². The fourth-order valence-corrected chi connectivity index (χ4v) is 2.18. The lowest BCUT2D eigenvalue weighted by molar-refractivity contribution is -0.151. The molecule has 0 fully saturated rings. The highest BCUT2D eigenvalue weighted by Crippen LogP contribution is 2.18. The number of H-pyrrole nitrogens is 2. The van der Waals surface area contributed by atoms with Crippen molar-refractivity contribution in [2.75, 3.05) is 18.9 Å². The molecular formula is C14H17N5O6. The summed E-state index contributed by atoms with van der Waals surface area (Å²) in [6, 6.07) is 0. The molecule has 0 saturated carbocycles. The van der Waals surface area contributed by atoms with Gasteiger partial charge in [0.25, 0.3) is 11.1 Å². The molecule has 25 heavy (non-hydrogen) atoms. The van der Waals surface area contributed by atoms with Gasteiger partial charge in [0.2, 0.25) is 5.95 Å². The van der Waals surface area contributed by atoms with Crippen LogP contribution >= 0.6 is 0 Å². The zero-order valence-electron chi connectivity index (χ0n) is 13.6. The summed E-state index contributed by atoms with van der Waals surface area (Å²) in [5.41, 5.74) is 3.24. The highest BCUT2D eigenvalue weighted by molar-refractivity contribution is 5.84. The van der Waals surface area contributed by atoms with Gasteiger partial charge >= 0.3 is 11.9 Å². The number of rotatable bonds is 6. The summed E-state index contributed by atoms with van der Waals surface area (Å²) in [5.74, 6) is -3.04. The van der Waals surface area contributed by atoms with Gasteiger partial charge in [0, 0.05) is 0 Å². The molecule has 11 heteroatoms. The summed E-state index contributed by atoms with van der Waals surface area (Å²) < 4.78 is 9.70. The highest BCUT2D eigenvalue weighted by Gasteiger charge is 2.30. The van der Waals surface area contributed by atoms with Gasteiger partial charge < -0.3 is 20.2 Å². The number of carbonyl (C=O) groups is 2. The summed E-state index contributed by atoms with van der Waals surface area (Å²) in [6.45, 7) is 3.34. The monoisotopic (exact) mass is 351 g/mol. The van der Waals surface area contributed by atoms with Gasteiger partial charge in [-0.05, 0) is 13.8 Å². The third-order valence-electron chi connectivity index (χ3n) is 3.19. The number of hydrogen-bond donors (Lipinski definition) is 3. The van der Waals surface area contributed by atoms with Crippen LogP contribution in [0.2, 0.25) is 0 Å². The summed E-state index contributed by atoms with van der Waals surface area (Å²) in [4.78, 5) is 60.4. The van der Waals surface area contributed by atoms with Gasteiger partial charge in [-0.1, -0.05) is 0 Å². The quantitative estimate of drug-likeness (QED) is 0.563. The van der Waals surface area contributed by atoms with Crippen LogP contribution in [0.25, 0.3) is 11.2 Å². The third kappa shape index (κ3) is 4.00.